The van der Waals surface area contributed by atoms with Gasteiger partial charge in [-0.25, -0.2) is 4.98 Å². The van der Waals surface area contributed by atoms with Crippen LogP contribution in [0.5, 0.6) is 0 Å². The second kappa shape index (κ2) is 5.08. The number of anilines is 1. The number of aromatic nitrogens is 5. The Hall–Kier alpha value is -3.55. The highest BCUT2D eigenvalue weighted by molar-refractivity contribution is 5.75. The third kappa shape index (κ3) is 1.86. The Balaban J connectivity index is 1.17. The van der Waals surface area contributed by atoms with E-state index >= 15 is 0 Å². The van der Waals surface area contributed by atoms with Crippen LogP contribution in [0, 0.1) is 11.8 Å². The third-order valence-electron chi connectivity index (χ3n) is 6.82. The first-order valence-electron chi connectivity index (χ1n) is 9.72. The van der Waals surface area contributed by atoms with Crippen molar-refractivity contribution in [2.75, 3.05) is 11.4 Å². The molecule has 0 amide bonds. The summed E-state index contributed by atoms with van der Waals surface area (Å²) in [6.07, 6.45) is 4.68. The summed E-state index contributed by atoms with van der Waals surface area (Å²) in [5.74, 6) is 2.47. The van der Waals surface area contributed by atoms with Crippen molar-refractivity contribution in [3.05, 3.63) is 77.2 Å². The molecule has 1 aromatic carbocycles. The minimum atomic E-state index is -0.138. The molecule has 8 heteroatoms. The summed E-state index contributed by atoms with van der Waals surface area (Å²) < 4.78 is 7.01. The molecular weight excluding hydrogens is 368 g/mol. The maximum absolute atomic E-state index is 12.7. The molecule has 3 aromatic heterocycles. The van der Waals surface area contributed by atoms with Crippen LogP contribution in [0.4, 0.5) is 5.69 Å². The smallest absolute Gasteiger partial charge is 0.261 e. The van der Waals surface area contributed by atoms with Gasteiger partial charge in [0.15, 0.2) is 5.82 Å². The molecule has 4 fully saturated rings. The van der Waals surface area contributed by atoms with Gasteiger partial charge in [-0.3, -0.25) is 14.3 Å². The average Bonchev–Trinajstić information content (AvgIpc) is 3.32. The van der Waals surface area contributed by atoms with Crippen molar-refractivity contribution in [2.45, 2.75) is 18.0 Å². The first-order valence-corrected chi connectivity index (χ1v) is 9.72. The van der Waals surface area contributed by atoms with Gasteiger partial charge in [-0.1, -0.05) is 23.4 Å². The van der Waals surface area contributed by atoms with Gasteiger partial charge in [0.25, 0.3) is 5.56 Å². The summed E-state index contributed by atoms with van der Waals surface area (Å²) in [7, 11) is 0. The van der Waals surface area contributed by atoms with Gasteiger partial charge in [-0.2, -0.15) is 4.98 Å². The van der Waals surface area contributed by atoms with E-state index in [1.165, 1.54) is 16.6 Å². The quantitative estimate of drug-likeness (QED) is 0.528. The Morgan fingerprint density at radius 1 is 1.21 bits per heavy atom. The molecule has 2 aliphatic heterocycles. The van der Waals surface area contributed by atoms with Gasteiger partial charge >= 0.3 is 0 Å². The first kappa shape index (κ1) is 15.4. The maximum atomic E-state index is 12.7. The molecule has 1 unspecified atom stereocenters. The molecule has 2 bridgehead atoms. The van der Waals surface area contributed by atoms with Crippen LogP contribution >= 0.6 is 0 Å². The van der Waals surface area contributed by atoms with Gasteiger partial charge < -0.3 is 9.42 Å². The molecule has 8 nitrogen and oxygen atoms in total. The zero-order chi connectivity index (χ0) is 19.2. The number of hydrogen-bond acceptors (Lipinski definition) is 7. The Kier molecular flexibility index (Phi) is 2.69. The van der Waals surface area contributed by atoms with E-state index in [0.717, 1.165) is 12.4 Å². The predicted octanol–water partition coefficient (Wildman–Crippen LogP) is 1.61. The number of piperidine rings is 1. The Labute approximate surface area is 164 Å². The summed E-state index contributed by atoms with van der Waals surface area (Å²) in [6, 6.07) is 12.6. The highest BCUT2D eigenvalue weighted by Crippen LogP contribution is 2.85. The van der Waals surface area contributed by atoms with Crippen LogP contribution in [0.2, 0.25) is 0 Å². The fourth-order valence-electron chi connectivity index (χ4n) is 5.38. The maximum Gasteiger partial charge on any atom is 0.261 e. The van der Waals surface area contributed by atoms with Crippen LogP contribution in [0.15, 0.2) is 64.4 Å². The number of benzene rings is 1. The van der Waals surface area contributed by atoms with E-state index in [0.29, 0.717) is 34.7 Å². The molecule has 4 aliphatic rings. The number of fused-ring (bicyclic) bond motifs is 2. The van der Waals surface area contributed by atoms with Gasteiger partial charge in [0, 0.05) is 30.4 Å². The Morgan fingerprint density at radius 2 is 2.10 bits per heavy atom. The Bertz CT molecular complexity index is 1330. The molecule has 0 N–H and O–H groups in total. The molecule has 2 saturated carbocycles. The highest BCUT2D eigenvalue weighted by atomic mass is 16.5. The fraction of sp³-hybridized carbons (Fsp3) is 0.286. The lowest BCUT2D eigenvalue weighted by atomic mass is 10.1. The SMILES string of the molecule is O=c1c2ccncc2ncn1Cc1nc([C@@]23C4[C@H]2[C@H]3CN4c2ccccc2)no1. The largest absolute Gasteiger partial charge is 0.367 e. The monoisotopic (exact) mass is 384 g/mol. The molecule has 0 spiro atoms. The van der Waals surface area contributed by atoms with Gasteiger partial charge in [0.05, 0.1) is 28.8 Å². The molecule has 0 radical (unpaired) electrons. The van der Waals surface area contributed by atoms with Gasteiger partial charge in [-0.15, -0.1) is 0 Å². The first-order chi connectivity index (χ1) is 14.3. The van der Waals surface area contributed by atoms with Gasteiger partial charge in [0.1, 0.15) is 6.54 Å². The molecule has 4 aromatic rings. The van der Waals surface area contributed by atoms with E-state index in [9.17, 15) is 4.79 Å². The topological polar surface area (TPSA) is 89.9 Å². The van der Waals surface area contributed by atoms with E-state index in [1.807, 2.05) is 6.07 Å². The van der Waals surface area contributed by atoms with Gasteiger partial charge in [0.2, 0.25) is 5.89 Å². The molecule has 29 heavy (non-hydrogen) atoms. The van der Waals surface area contributed by atoms with E-state index in [-0.39, 0.29) is 17.5 Å². The van der Waals surface area contributed by atoms with E-state index in [2.05, 4.69) is 49.3 Å². The van der Waals surface area contributed by atoms with Crippen molar-refractivity contribution in [3.63, 3.8) is 0 Å². The number of rotatable bonds is 4. The van der Waals surface area contributed by atoms with Crippen molar-refractivity contribution in [3.8, 4) is 0 Å². The van der Waals surface area contributed by atoms with Crippen molar-refractivity contribution in [1.82, 2.24) is 24.7 Å². The standard InChI is InChI=1S/C21H16N6O2/c28-19-13-6-7-22-8-15(13)23-11-26(19)10-16-24-20(25-29-16)21-14-9-27(18(21)17(14)21)12-4-2-1-3-5-12/h1-8,11,14,17-18H,9-10H2/t14-,17-,18?,21-/m1/s1. The van der Waals surface area contributed by atoms with Crippen molar-refractivity contribution in [2.24, 2.45) is 11.8 Å². The van der Waals surface area contributed by atoms with E-state index < -0.39 is 0 Å². The summed E-state index contributed by atoms with van der Waals surface area (Å²) in [6.45, 7) is 1.26. The summed E-state index contributed by atoms with van der Waals surface area (Å²) in [5.41, 5.74) is 1.75. The number of hydrogen-bond donors (Lipinski definition) is 0. The minimum Gasteiger partial charge on any atom is -0.367 e. The van der Waals surface area contributed by atoms with Crippen molar-refractivity contribution in [1.29, 1.82) is 0 Å². The average molecular weight is 384 g/mol. The van der Waals surface area contributed by atoms with Crippen LogP contribution in [0.25, 0.3) is 10.9 Å². The second-order valence-electron chi connectivity index (χ2n) is 8.08. The van der Waals surface area contributed by atoms with E-state index in [1.54, 1.807) is 18.5 Å². The number of para-hydroxylation sites is 1. The van der Waals surface area contributed by atoms with Crippen molar-refractivity contribution < 1.29 is 4.52 Å². The third-order valence-corrected chi connectivity index (χ3v) is 6.82. The molecule has 2 aliphatic carbocycles. The zero-order valence-electron chi connectivity index (χ0n) is 15.3. The number of nitrogens with zero attached hydrogens (tertiary/aromatic N) is 6. The molecule has 8 rings (SSSR count). The Morgan fingerprint density at radius 3 is 2.97 bits per heavy atom. The molecule has 142 valence electrons. The van der Waals surface area contributed by atoms with Crippen LogP contribution in [-0.4, -0.2) is 37.3 Å². The number of pyridine rings is 1. The molecular formula is C21H16N6O2. The van der Waals surface area contributed by atoms with E-state index in [4.69, 9.17) is 4.52 Å². The lowest BCUT2D eigenvalue weighted by Gasteiger charge is -2.18. The van der Waals surface area contributed by atoms with Crippen LogP contribution in [0.1, 0.15) is 11.7 Å². The minimum absolute atomic E-state index is 0.0514. The molecule has 5 heterocycles. The molecule has 2 saturated heterocycles. The fourth-order valence-corrected chi connectivity index (χ4v) is 5.38. The summed E-state index contributed by atoms with van der Waals surface area (Å²) >= 11 is 0. The summed E-state index contributed by atoms with van der Waals surface area (Å²) in [4.78, 5) is 28.1. The zero-order valence-corrected chi connectivity index (χ0v) is 15.3. The van der Waals surface area contributed by atoms with Crippen molar-refractivity contribution >= 4 is 16.6 Å². The highest BCUT2D eigenvalue weighted by Gasteiger charge is 2.95. The molecule has 4 atom stereocenters. The predicted molar refractivity (Wildman–Crippen MR) is 103 cm³/mol. The summed E-state index contributed by atoms with van der Waals surface area (Å²) in [5, 5.41) is 4.82. The normalized spacial score (nSPS) is 28.6. The van der Waals surface area contributed by atoms with Gasteiger partial charge in [-0.05, 0) is 24.1 Å². The van der Waals surface area contributed by atoms with Crippen LogP contribution in [-0.2, 0) is 12.0 Å². The second-order valence-corrected chi connectivity index (χ2v) is 8.08. The van der Waals surface area contributed by atoms with Crippen LogP contribution < -0.4 is 10.5 Å². The lowest BCUT2D eigenvalue weighted by Crippen LogP contribution is -2.23. The van der Waals surface area contributed by atoms with Crippen LogP contribution in [0.3, 0.4) is 0 Å². The lowest BCUT2D eigenvalue weighted by molar-refractivity contribution is 0.362.